The third kappa shape index (κ3) is 3.78. The first-order chi connectivity index (χ1) is 10.4. The van der Waals surface area contributed by atoms with E-state index in [-0.39, 0.29) is 18.2 Å². The highest BCUT2D eigenvalue weighted by atomic mass is 79.9. The van der Waals surface area contributed by atoms with Gasteiger partial charge in [-0.15, -0.1) is 0 Å². The average molecular weight is 389 g/mol. The SMILES string of the molecule is CCOc1c(Br)cc(Cl)cc1NC(=O)C1=NN(C)C(=O)CC1. The van der Waals surface area contributed by atoms with Crippen molar-refractivity contribution in [3.63, 3.8) is 0 Å². The fourth-order valence-corrected chi connectivity index (χ4v) is 2.90. The van der Waals surface area contributed by atoms with Crippen LogP contribution in [0.3, 0.4) is 0 Å². The molecular formula is C14H15BrClN3O3. The van der Waals surface area contributed by atoms with Gasteiger partial charge in [0.15, 0.2) is 5.75 Å². The molecule has 0 fully saturated rings. The van der Waals surface area contributed by atoms with Gasteiger partial charge in [0.25, 0.3) is 5.91 Å². The van der Waals surface area contributed by atoms with E-state index < -0.39 is 0 Å². The molecule has 0 spiro atoms. The molecule has 1 aliphatic rings. The number of hydrogen-bond donors (Lipinski definition) is 1. The zero-order valence-electron chi connectivity index (χ0n) is 12.2. The molecule has 1 N–H and O–H groups in total. The number of rotatable bonds is 4. The number of nitrogens with zero attached hydrogens (tertiary/aromatic N) is 2. The van der Waals surface area contributed by atoms with Gasteiger partial charge in [-0.05, 0) is 35.0 Å². The lowest BCUT2D eigenvalue weighted by Gasteiger charge is -2.19. The second-order valence-corrected chi connectivity index (χ2v) is 5.91. The summed E-state index contributed by atoms with van der Waals surface area (Å²) in [6.07, 6.45) is 0.570. The van der Waals surface area contributed by atoms with Gasteiger partial charge in [0, 0.05) is 24.9 Å². The van der Waals surface area contributed by atoms with E-state index in [1.54, 1.807) is 12.1 Å². The molecule has 1 aromatic rings. The highest BCUT2D eigenvalue weighted by molar-refractivity contribution is 9.10. The smallest absolute Gasteiger partial charge is 0.271 e. The lowest BCUT2D eigenvalue weighted by molar-refractivity contribution is -0.130. The van der Waals surface area contributed by atoms with E-state index in [0.717, 1.165) is 0 Å². The van der Waals surface area contributed by atoms with E-state index in [0.29, 0.717) is 39.7 Å². The summed E-state index contributed by atoms with van der Waals surface area (Å²) in [6, 6.07) is 3.29. The Morgan fingerprint density at radius 1 is 1.50 bits per heavy atom. The quantitative estimate of drug-likeness (QED) is 0.862. The van der Waals surface area contributed by atoms with E-state index in [1.807, 2.05) is 6.92 Å². The monoisotopic (exact) mass is 387 g/mol. The van der Waals surface area contributed by atoms with Crippen molar-refractivity contribution in [2.24, 2.45) is 5.10 Å². The van der Waals surface area contributed by atoms with Crippen molar-refractivity contribution >= 4 is 50.7 Å². The first-order valence-electron chi connectivity index (χ1n) is 6.69. The Balaban J connectivity index is 2.25. The summed E-state index contributed by atoms with van der Waals surface area (Å²) in [5, 5.41) is 8.36. The van der Waals surface area contributed by atoms with E-state index in [1.165, 1.54) is 12.1 Å². The molecule has 2 rings (SSSR count). The molecule has 0 atom stereocenters. The Morgan fingerprint density at radius 2 is 2.23 bits per heavy atom. The fourth-order valence-electron chi connectivity index (χ4n) is 1.97. The number of halogens is 2. The average Bonchev–Trinajstić information content (AvgIpc) is 2.45. The molecule has 0 bridgehead atoms. The summed E-state index contributed by atoms with van der Waals surface area (Å²) in [5.41, 5.74) is 0.745. The van der Waals surface area contributed by atoms with Gasteiger partial charge in [-0.25, -0.2) is 5.01 Å². The van der Waals surface area contributed by atoms with Crippen LogP contribution in [-0.2, 0) is 9.59 Å². The van der Waals surface area contributed by atoms with Crippen molar-refractivity contribution in [1.29, 1.82) is 0 Å². The Kier molecular flexibility index (Phi) is 5.42. The van der Waals surface area contributed by atoms with Gasteiger partial charge in [-0.3, -0.25) is 9.59 Å². The summed E-state index contributed by atoms with van der Waals surface area (Å²) in [6.45, 7) is 2.29. The molecule has 0 aromatic heterocycles. The molecule has 0 saturated heterocycles. The van der Waals surface area contributed by atoms with Gasteiger partial charge >= 0.3 is 0 Å². The molecule has 0 radical (unpaired) electrons. The van der Waals surface area contributed by atoms with Crippen molar-refractivity contribution < 1.29 is 14.3 Å². The van der Waals surface area contributed by atoms with Crippen molar-refractivity contribution in [2.75, 3.05) is 19.0 Å². The normalized spacial score (nSPS) is 14.6. The summed E-state index contributed by atoms with van der Waals surface area (Å²) < 4.78 is 6.17. The second kappa shape index (κ2) is 7.11. The zero-order valence-corrected chi connectivity index (χ0v) is 14.5. The molecule has 1 aromatic carbocycles. The van der Waals surface area contributed by atoms with Gasteiger partial charge in [0.05, 0.1) is 16.8 Å². The van der Waals surface area contributed by atoms with Crippen LogP contribution in [0.25, 0.3) is 0 Å². The summed E-state index contributed by atoms with van der Waals surface area (Å²) in [5.74, 6) is 0.00705. The van der Waals surface area contributed by atoms with Crippen LogP contribution in [-0.4, -0.2) is 36.2 Å². The van der Waals surface area contributed by atoms with Crippen molar-refractivity contribution in [1.82, 2.24) is 5.01 Å². The molecule has 2 amide bonds. The molecular weight excluding hydrogens is 374 g/mol. The van der Waals surface area contributed by atoms with Crippen LogP contribution in [0.2, 0.25) is 5.02 Å². The summed E-state index contributed by atoms with van der Waals surface area (Å²) in [7, 11) is 1.52. The maximum atomic E-state index is 12.3. The van der Waals surface area contributed by atoms with Crippen LogP contribution in [0.15, 0.2) is 21.7 Å². The minimum atomic E-state index is -0.380. The van der Waals surface area contributed by atoms with E-state index in [2.05, 4.69) is 26.3 Å². The standard InChI is InChI=1S/C14H15BrClN3O3/c1-3-22-13-9(15)6-8(16)7-11(13)17-14(21)10-4-5-12(20)19(2)18-10/h6-7H,3-5H2,1-2H3,(H,17,21). The van der Waals surface area contributed by atoms with Gasteiger partial charge in [0.2, 0.25) is 5.91 Å². The maximum absolute atomic E-state index is 12.3. The van der Waals surface area contributed by atoms with Crippen LogP contribution >= 0.6 is 27.5 Å². The minimum absolute atomic E-state index is 0.114. The van der Waals surface area contributed by atoms with Gasteiger partial charge in [-0.2, -0.15) is 5.10 Å². The lowest BCUT2D eigenvalue weighted by Crippen LogP contribution is -2.34. The predicted molar refractivity (Wildman–Crippen MR) is 88.4 cm³/mol. The van der Waals surface area contributed by atoms with Crippen molar-refractivity contribution in [3.8, 4) is 5.75 Å². The maximum Gasteiger partial charge on any atom is 0.271 e. The topological polar surface area (TPSA) is 71.0 Å². The van der Waals surface area contributed by atoms with Gasteiger partial charge in [0.1, 0.15) is 5.71 Å². The number of hydrogen-bond acceptors (Lipinski definition) is 4. The molecule has 22 heavy (non-hydrogen) atoms. The highest BCUT2D eigenvalue weighted by Gasteiger charge is 2.23. The second-order valence-electron chi connectivity index (χ2n) is 4.62. The number of carbonyl (C=O) groups excluding carboxylic acids is 2. The number of benzene rings is 1. The third-order valence-electron chi connectivity index (χ3n) is 3.01. The van der Waals surface area contributed by atoms with E-state index in [9.17, 15) is 9.59 Å². The van der Waals surface area contributed by atoms with Crippen LogP contribution < -0.4 is 10.1 Å². The molecule has 6 nitrogen and oxygen atoms in total. The van der Waals surface area contributed by atoms with Crippen molar-refractivity contribution in [2.45, 2.75) is 19.8 Å². The molecule has 0 unspecified atom stereocenters. The number of hydrazone groups is 1. The number of ether oxygens (including phenoxy) is 1. The molecule has 118 valence electrons. The molecule has 0 saturated carbocycles. The molecule has 1 aliphatic heterocycles. The number of anilines is 1. The fraction of sp³-hybridized carbons (Fsp3) is 0.357. The summed E-state index contributed by atoms with van der Waals surface area (Å²) in [4.78, 5) is 23.7. The Hall–Kier alpha value is -1.60. The third-order valence-corrected chi connectivity index (χ3v) is 3.82. The number of nitrogens with one attached hydrogen (secondary N) is 1. The van der Waals surface area contributed by atoms with Crippen molar-refractivity contribution in [3.05, 3.63) is 21.6 Å². The minimum Gasteiger partial charge on any atom is -0.491 e. The van der Waals surface area contributed by atoms with Gasteiger partial charge in [-0.1, -0.05) is 11.6 Å². The summed E-state index contributed by atoms with van der Waals surface area (Å²) >= 11 is 9.37. The first-order valence-corrected chi connectivity index (χ1v) is 7.86. The molecule has 8 heteroatoms. The van der Waals surface area contributed by atoms with Crippen LogP contribution in [0.4, 0.5) is 5.69 Å². The van der Waals surface area contributed by atoms with E-state index in [4.69, 9.17) is 16.3 Å². The Bertz CT molecular complexity index is 648. The van der Waals surface area contributed by atoms with Gasteiger partial charge < -0.3 is 10.1 Å². The largest absolute Gasteiger partial charge is 0.491 e. The van der Waals surface area contributed by atoms with Crippen LogP contribution in [0, 0.1) is 0 Å². The number of carbonyl (C=O) groups is 2. The molecule has 1 heterocycles. The zero-order chi connectivity index (χ0) is 16.3. The number of amides is 2. The lowest BCUT2D eigenvalue weighted by atomic mass is 10.1. The Labute approximate surface area is 141 Å². The molecule has 0 aliphatic carbocycles. The van der Waals surface area contributed by atoms with Crippen LogP contribution in [0.5, 0.6) is 5.75 Å². The van der Waals surface area contributed by atoms with E-state index >= 15 is 0 Å². The predicted octanol–water partition coefficient (Wildman–Crippen LogP) is 3.05. The first kappa shape index (κ1) is 16.8. The van der Waals surface area contributed by atoms with Crippen LogP contribution in [0.1, 0.15) is 19.8 Å². The highest BCUT2D eigenvalue weighted by Crippen LogP contribution is 2.36. The Morgan fingerprint density at radius 3 is 2.86 bits per heavy atom.